The Hall–Kier alpha value is -1.37. The summed E-state index contributed by atoms with van der Waals surface area (Å²) in [4.78, 5) is 11.2. The predicted molar refractivity (Wildman–Crippen MR) is 56.8 cm³/mol. The Morgan fingerprint density at radius 1 is 1.31 bits per heavy atom. The summed E-state index contributed by atoms with van der Waals surface area (Å²) in [5.74, 6) is 0. The molecule has 1 aromatic carbocycles. The maximum absolute atomic E-state index is 11.2. The summed E-state index contributed by atoms with van der Waals surface area (Å²) >= 11 is 0. The molecule has 1 rings (SSSR count). The van der Waals surface area contributed by atoms with Crippen LogP contribution in [0.15, 0.2) is 34.6 Å². The van der Waals surface area contributed by atoms with Gasteiger partial charge in [-0.05, 0) is 44.0 Å². The van der Waals surface area contributed by atoms with Crippen molar-refractivity contribution in [1.82, 2.24) is 0 Å². The molecule has 0 aliphatic carbocycles. The molecule has 0 heterocycles. The highest BCUT2D eigenvalue weighted by atomic mass is 16.1. The van der Waals surface area contributed by atoms with Crippen LogP contribution in [-0.4, -0.2) is 0 Å². The molecule has 0 aromatic heterocycles. The molecule has 68 valence electrons. The number of allylic oxidation sites excluding steroid dienone is 1. The van der Waals surface area contributed by atoms with Crippen LogP contribution in [0.4, 0.5) is 0 Å². The lowest BCUT2D eigenvalue weighted by Gasteiger charge is -1.90. The zero-order valence-electron chi connectivity index (χ0n) is 8.29. The molecule has 0 amide bonds. The monoisotopic (exact) mass is 174 g/mol. The van der Waals surface area contributed by atoms with Crippen molar-refractivity contribution in [3.63, 3.8) is 0 Å². The van der Waals surface area contributed by atoms with Crippen LogP contribution in [0.1, 0.15) is 25.0 Å². The number of rotatable bonds is 1. The van der Waals surface area contributed by atoms with Crippen molar-refractivity contribution in [3.05, 3.63) is 51.2 Å². The second kappa shape index (κ2) is 4.04. The summed E-state index contributed by atoms with van der Waals surface area (Å²) in [6, 6.07) is 7.25. The van der Waals surface area contributed by atoms with Crippen molar-refractivity contribution >= 4 is 6.08 Å². The van der Waals surface area contributed by atoms with E-state index in [9.17, 15) is 4.79 Å². The van der Waals surface area contributed by atoms with Crippen molar-refractivity contribution in [3.8, 4) is 0 Å². The standard InChI is InChI=1S/C12H14O/c1-9(2)7-11-5-4-6-12(13)10(3)8-11/h4-8H,1-3H3. The Morgan fingerprint density at radius 3 is 2.62 bits per heavy atom. The lowest BCUT2D eigenvalue weighted by Crippen LogP contribution is -1.97. The minimum atomic E-state index is 0.0911. The van der Waals surface area contributed by atoms with E-state index in [1.165, 1.54) is 5.57 Å². The molecule has 1 nitrogen and oxygen atoms in total. The van der Waals surface area contributed by atoms with E-state index in [1.807, 2.05) is 32.9 Å². The van der Waals surface area contributed by atoms with E-state index in [0.717, 1.165) is 11.1 Å². The van der Waals surface area contributed by atoms with Gasteiger partial charge in [0.25, 0.3) is 0 Å². The largest absolute Gasteiger partial charge is 0.290 e. The highest BCUT2D eigenvalue weighted by molar-refractivity contribution is 5.51. The van der Waals surface area contributed by atoms with Crippen LogP contribution in [0, 0.1) is 6.92 Å². The van der Waals surface area contributed by atoms with Gasteiger partial charge >= 0.3 is 0 Å². The molecule has 0 atom stereocenters. The topological polar surface area (TPSA) is 17.1 Å². The van der Waals surface area contributed by atoms with Crippen LogP contribution in [0.3, 0.4) is 0 Å². The van der Waals surface area contributed by atoms with Crippen molar-refractivity contribution < 1.29 is 0 Å². The maximum atomic E-state index is 11.2. The minimum absolute atomic E-state index is 0.0911. The van der Waals surface area contributed by atoms with E-state index in [1.54, 1.807) is 12.1 Å². The molecule has 0 spiro atoms. The average molecular weight is 174 g/mol. The summed E-state index contributed by atoms with van der Waals surface area (Å²) in [5.41, 5.74) is 3.20. The molecular formula is C12H14O. The molecule has 0 N–H and O–H groups in total. The Balaban J connectivity index is 3.29. The maximum Gasteiger partial charge on any atom is 0.181 e. The number of aryl methyl sites for hydroxylation is 1. The molecular weight excluding hydrogens is 160 g/mol. The molecule has 0 saturated carbocycles. The van der Waals surface area contributed by atoms with Gasteiger partial charge in [-0.2, -0.15) is 0 Å². The lowest BCUT2D eigenvalue weighted by molar-refractivity contribution is 1.41. The first kappa shape index (κ1) is 9.72. The van der Waals surface area contributed by atoms with Gasteiger partial charge in [-0.3, -0.25) is 4.79 Å². The summed E-state index contributed by atoms with van der Waals surface area (Å²) in [5, 5.41) is 0. The highest BCUT2D eigenvalue weighted by Gasteiger charge is 1.90. The average Bonchev–Trinajstić information content (AvgIpc) is 2.14. The Bertz CT molecular complexity index is 385. The third kappa shape index (κ3) is 2.86. The summed E-state index contributed by atoms with van der Waals surface area (Å²) in [6.07, 6.45) is 2.06. The van der Waals surface area contributed by atoms with E-state index < -0.39 is 0 Å². The van der Waals surface area contributed by atoms with Crippen molar-refractivity contribution in [1.29, 1.82) is 0 Å². The van der Waals surface area contributed by atoms with Gasteiger partial charge in [0, 0.05) is 0 Å². The van der Waals surface area contributed by atoms with Crippen molar-refractivity contribution in [2.75, 3.05) is 0 Å². The molecule has 0 aliphatic heterocycles. The molecule has 0 unspecified atom stereocenters. The Labute approximate surface area is 78.7 Å². The van der Waals surface area contributed by atoms with E-state index in [-0.39, 0.29) is 5.43 Å². The molecule has 0 saturated heterocycles. The van der Waals surface area contributed by atoms with Crippen molar-refractivity contribution in [2.45, 2.75) is 20.8 Å². The van der Waals surface area contributed by atoms with E-state index in [4.69, 9.17) is 0 Å². The smallest absolute Gasteiger partial charge is 0.181 e. The minimum Gasteiger partial charge on any atom is -0.290 e. The van der Waals surface area contributed by atoms with Crippen LogP contribution < -0.4 is 5.43 Å². The molecule has 1 heteroatoms. The van der Waals surface area contributed by atoms with Gasteiger partial charge in [-0.1, -0.05) is 23.8 Å². The predicted octanol–water partition coefficient (Wildman–Crippen LogP) is 2.78. The zero-order valence-corrected chi connectivity index (χ0v) is 8.29. The molecule has 0 fully saturated rings. The van der Waals surface area contributed by atoms with E-state index in [0.29, 0.717) is 0 Å². The Morgan fingerprint density at radius 2 is 2.00 bits per heavy atom. The molecule has 0 radical (unpaired) electrons. The van der Waals surface area contributed by atoms with Crippen LogP contribution in [0.25, 0.3) is 6.08 Å². The molecule has 1 aromatic rings. The second-order valence-corrected chi connectivity index (χ2v) is 3.44. The quantitative estimate of drug-likeness (QED) is 0.639. The number of hydrogen-bond acceptors (Lipinski definition) is 1. The first-order valence-corrected chi connectivity index (χ1v) is 4.35. The fourth-order valence-electron chi connectivity index (χ4n) is 1.17. The van der Waals surface area contributed by atoms with Crippen LogP contribution in [-0.2, 0) is 0 Å². The summed E-state index contributed by atoms with van der Waals surface area (Å²) in [6.45, 7) is 5.92. The van der Waals surface area contributed by atoms with Crippen LogP contribution >= 0.6 is 0 Å². The lowest BCUT2D eigenvalue weighted by atomic mass is 10.2. The highest BCUT2D eigenvalue weighted by Crippen LogP contribution is 2.04. The molecule has 0 bridgehead atoms. The molecule has 0 aliphatic rings. The summed E-state index contributed by atoms with van der Waals surface area (Å²) < 4.78 is 0. The molecule has 13 heavy (non-hydrogen) atoms. The van der Waals surface area contributed by atoms with Crippen LogP contribution in [0.5, 0.6) is 0 Å². The first-order valence-electron chi connectivity index (χ1n) is 4.35. The third-order valence-corrected chi connectivity index (χ3v) is 1.76. The van der Waals surface area contributed by atoms with Gasteiger partial charge in [-0.15, -0.1) is 0 Å². The number of hydrogen-bond donors (Lipinski definition) is 0. The van der Waals surface area contributed by atoms with E-state index >= 15 is 0 Å². The van der Waals surface area contributed by atoms with Crippen LogP contribution in [0.2, 0.25) is 0 Å². The van der Waals surface area contributed by atoms with Gasteiger partial charge in [-0.25, -0.2) is 0 Å². The van der Waals surface area contributed by atoms with Crippen molar-refractivity contribution in [2.24, 2.45) is 0 Å². The van der Waals surface area contributed by atoms with Gasteiger partial charge in [0.2, 0.25) is 0 Å². The third-order valence-electron chi connectivity index (χ3n) is 1.76. The summed E-state index contributed by atoms with van der Waals surface area (Å²) in [7, 11) is 0. The Kier molecular flexibility index (Phi) is 3.02. The van der Waals surface area contributed by atoms with Gasteiger partial charge in [0.1, 0.15) is 0 Å². The van der Waals surface area contributed by atoms with Gasteiger partial charge < -0.3 is 0 Å². The first-order chi connectivity index (χ1) is 6.09. The fraction of sp³-hybridized carbons (Fsp3) is 0.250. The van der Waals surface area contributed by atoms with Gasteiger partial charge in [0.05, 0.1) is 0 Å². The van der Waals surface area contributed by atoms with E-state index in [2.05, 4.69) is 6.08 Å². The SMILES string of the molecule is CC(C)=Cc1cccc(=O)c(C)c1. The normalized spacial score (nSPS) is 9.46. The zero-order chi connectivity index (χ0) is 9.84. The second-order valence-electron chi connectivity index (χ2n) is 3.44. The van der Waals surface area contributed by atoms with Gasteiger partial charge in [0.15, 0.2) is 5.43 Å². The fourth-order valence-corrected chi connectivity index (χ4v) is 1.17.